The SMILES string of the molecule is Cc1cccc(N(C)Cc2ccc(C#N)cc2C)c1. The van der Waals surface area contributed by atoms with Crippen LogP contribution in [0.4, 0.5) is 5.69 Å². The van der Waals surface area contributed by atoms with Crippen molar-refractivity contribution in [3.8, 4) is 6.07 Å². The minimum absolute atomic E-state index is 0.722. The van der Waals surface area contributed by atoms with Crippen molar-refractivity contribution in [3.63, 3.8) is 0 Å². The van der Waals surface area contributed by atoms with Gasteiger partial charge in [0, 0.05) is 19.3 Å². The van der Waals surface area contributed by atoms with Gasteiger partial charge in [-0.2, -0.15) is 5.26 Å². The van der Waals surface area contributed by atoms with Crippen molar-refractivity contribution in [2.45, 2.75) is 20.4 Å². The Morgan fingerprint density at radius 1 is 1.11 bits per heavy atom. The van der Waals surface area contributed by atoms with Crippen LogP contribution in [0.15, 0.2) is 42.5 Å². The number of nitriles is 1. The number of rotatable bonds is 3. The standard InChI is InChI=1S/C17H18N2/c1-13-5-4-6-17(9-13)19(3)12-16-8-7-15(11-18)10-14(16)2/h4-10H,12H2,1-3H3. The van der Waals surface area contributed by atoms with Crippen molar-refractivity contribution in [2.24, 2.45) is 0 Å². The summed E-state index contributed by atoms with van der Waals surface area (Å²) in [6, 6.07) is 16.5. The Balaban J connectivity index is 2.20. The van der Waals surface area contributed by atoms with E-state index in [-0.39, 0.29) is 0 Å². The highest BCUT2D eigenvalue weighted by Crippen LogP contribution is 2.19. The lowest BCUT2D eigenvalue weighted by Gasteiger charge is -2.21. The molecular formula is C17H18N2. The van der Waals surface area contributed by atoms with Gasteiger partial charge in [0.1, 0.15) is 0 Å². The van der Waals surface area contributed by atoms with E-state index in [0.29, 0.717) is 0 Å². The average Bonchev–Trinajstić information content (AvgIpc) is 2.41. The maximum atomic E-state index is 8.88. The summed E-state index contributed by atoms with van der Waals surface area (Å²) in [6.07, 6.45) is 0. The molecule has 2 nitrogen and oxygen atoms in total. The van der Waals surface area contributed by atoms with Crippen LogP contribution in [0.1, 0.15) is 22.3 Å². The van der Waals surface area contributed by atoms with E-state index in [1.807, 2.05) is 18.2 Å². The van der Waals surface area contributed by atoms with Gasteiger partial charge >= 0.3 is 0 Å². The Morgan fingerprint density at radius 3 is 2.53 bits per heavy atom. The van der Waals surface area contributed by atoms with E-state index >= 15 is 0 Å². The number of nitrogens with zero attached hydrogens (tertiary/aromatic N) is 2. The van der Waals surface area contributed by atoms with E-state index in [9.17, 15) is 0 Å². The molecule has 0 N–H and O–H groups in total. The quantitative estimate of drug-likeness (QED) is 0.828. The summed E-state index contributed by atoms with van der Waals surface area (Å²) in [5.41, 5.74) is 5.62. The van der Waals surface area contributed by atoms with Crippen molar-refractivity contribution in [3.05, 3.63) is 64.7 Å². The van der Waals surface area contributed by atoms with Crippen LogP contribution in [0.5, 0.6) is 0 Å². The maximum absolute atomic E-state index is 8.88. The normalized spacial score (nSPS) is 10.0. The molecule has 0 atom stereocenters. The lowest BCUT2D eigenvalue weighted by Crippen LogP contribution is -2.17. The first kappa shape index (κ1) is 13.2. The van der Waals surface area contributed by atoms with E-state index in [0.717, 1.165) is 12.1 Å². The van der Waals surface area contributed by atoms with Gasteiger partial charge in [0.25, 0.3) is 0 Å². The van der Waals surface area contributed by atoms with Gasteiger partial charge in [0.05, 0.1) is 11.6 Å². The van der Waals surface area contributed by atoms with Crippen molar-refractivity contribution in [1.82, 2.24) is 0 Å². The molecule has 0 spiro atoms. The molecule has 96 valence electrons. The molecule has 0 saturated carbocycles. The molecule has 2 aromatic carbocycles. The van der Waals surface area contributed by atoms with Gasteiger partial charge in [-0.05, 0) is 54.8 Å². The van der Waals surface area contributed by atoms with Crippen molar-refractivity contribution < 1.29 is 0 Å². The van der Waals surface area contributed by atoms with Crippen LogP contribution in [-0.2, 0) is 6.54 Å². The molecule has 0 aliphatic rings. The van der Waals surface area contributed by atoms with Crippen molar-refractivity contribution in [1.29, 1.82) is 5.26 Å². The molecule has 0 amide bonds. The van der Waals surface area contributed by atoms with Crippen LogP contribution in [0, 0.1) is 25.2 Å². The minimum atomic E-state index is 0.722. The second-order valence-corrected chi connectivity index (χ2v) is 4.95. The van der Waals surface area contributed by atoms with Gasteiger partial charge < -0.3 is 4.90 Å². The van der Waals surface area contributed by atoms with E-state index in [1.54, 1.807) is 0 Å². The van der Waals surface area contributed by atoms with Gasteiger partial charge in [-0.25, -0.2) is 0 Å². The Kier molecular flexibility index (Phi) is 3.87. The van der Waals surface area contributed by atoms with Crippen LogP contribution >= 0.6 is 0 Å². The van der Waals surface area contributed by atoms with Crippen LogP contribution in [0.25, 0.3) is 0 Å². The molecule has 0 aliphatic heterocycles. The predicted molar refractivity (Wildman–Crippen MR) is 79.2 cm³/mol. The largest absolute Gasteiger partial charge is 0.370 e. The number of hydrogen-bond acceptors (Lipinski definition) is 2. The zero-order valence-corrected chi connectivity index (χ0v) is 11.6. The lowest BCUT2D eigenvalue weighted by atomic mass is 10.0. The zero-order valence-electron chi connectivity index (χ0n) is 11.6. The topological polar surface area (TPSA) is 27.0 Å². The summed E-state index contributed by atoms with van der Waals surface area (Å²) in [5, 5.41) is 8.88. The van der Waals surface area contributed by atoms with Crippen molar-refractivity contribution >= 4 is 5.69 Å². The number of anilines is 1. The molecule has 0 saturated heterocycles. The fourth-order valence-corrected chi connectivity index (χ4v) is 2.16. The molecular weight excluding hydrogens is 232 g/mol. The van der Waals surface area contributed by atoms with E-state index in [4.69, 9.17) is 5.26 Å². The molecule has 19 heavy (non-hydrogen) atoms. The van der Waals surface area contributed by atoms with Gasteiger partial charge in [-0.15, -0.1) is 0 Å². The molecule has 0 radical (unpaired) electrons. The van der Waals surface area contributed by atoms with Crippen molar-refractivity contribution in [2.75, 3.05) is 11.9 Å². The molecule has 0 aromatic heterocycles. The third-order valence-corrected chi connectivity index (χ3v) is 3.32. The average molecular weight is 250 g/mol. The van der Waals surface area contributed by atoms with Gasteiger partial charge in [0.15, 0.2) is 0 Å². The Morgan fingerprint density at radius 2 is 1.89 bits per heavy atom. The Labute approximate surface area is 114 Å². The molecule has 0 fully saturated rings. The third-order valence-electron chi connectivity index (χ3n) is 3.32. The molecule has 0 aliphatic carbocycles. The van der Waals surface area contributed by atoms with Crippen LogP contribution in [0.2, 0.25) is 0 Å². The van der Waals surface area contributed by atoms with E-state index in [2.05, 4.69) is 56.1 Å². The molecule has 0 heterocycles. The first-order valence-electron chi connectivity index (χ1n) is 6.37. The number of benzene rings is 2. The summed E-state index contributed by atoms with van der Waals surface area (Å²) < 4.78 is 0. The van der Waals surface area contributed by atoms with Crippen LogP contribution in [0.3, 0.4) is 0 Å². The monoisotopic (exact) mass is 250 g/mol. The van der Waals surface area contributed by atoms with E-state index < -0.39 is 0 Å². The fraction of sp³-hybridized carbons (Fsp3) is 0.235. The highest BCUT2D eigenvalue weighted by molar-refractivity contribution is 5.49. The summed E-state index contributed by atoms with van der Waals surface area (Å²) in [4.78, 5) is 2.22. The molecule has 2 rings (SSSR count). The highest BCUT2D eigenvalue weighted by atomic mass is 15.1. The predicted octanol–water partition coefficient (Wildman–Crippen LogP) is 3.81. The van der Waals surface area contributed by atoms with E-state index in [1.165, 1.54) is 22.4 Å². The summed E-state index contributed by atoms with van der Waals surface area (Å²) >= 11 is 0. The van der Waals surface area contributed by atoms with Crippen LogP contribution in [-0.4, -0.2) is 7.05 Å². The third kappa shape index (κ3) is 3.14. The maximum Gasteiger partial charge on any atom is 0.0991 e. The van der Waals surface area contributed by atoms with Gasteiger partial charge in [-0.3, -0.25) is 0 Å². The van der Waals surface area contributed by atoms with Gasteiger partial charge in [0.2, 0.25) is 0 Å². The highest BCUT2D eigenvalue weighted by Gasteiger charge is 2.05. The first-order chi connectivity index (χ1) is 9.10. The number of aryl methyl sites for hydroxylation is 2. The fourth-order valence-electron chi connectivity index (χ4n) is 2.16. The smallest absolute Gasteiger partial charge is 0.0991 e. The van der Waals surface area contributed by atoms with Gasteiger partial charge in [-0.1, -0.05) is 18.2 Å². The summed E-state index contributed by atoms with van der Waals surface area (Å²) in [5.74, 6) is 0. The Hall–Kier alpha value is -2.27. The van der Waals surface area contributed by atoms with Crippen LogP contribution < -0.4 is 4.90 Å². The second kappa shape index (κ2) is 5.58. The zero-order chi connectivity index (χ0) is 13.8. The summed E-state index contributed by atoms with van der Waals surface area (Å²) in [6.45, 7) is 5.01. The second-order valence-electron chi connectivity index (χ2n) is 4.95. The lowest BCUT2D eigenvalue weighted by molar-refractivity contribution is 0.913. The minimum Gasteiger partial charge on any atom is -0.370 e. The number of hydrogen-bond donors (Lipinski definition) is 0. The molecule has 0 unspecified atom stereocenters. The molecule has 2 aromatic rings. The Bertz CT molecular complexity index is 623. The molecule has 2 heteroatoms. The first-order valence-corrected chi connectivity index (χ1v) is 6.37. The molecule has 0 bridgehead atoms. The summed E-state index contributed by atoms with van der Waals surface area (Å²) in [7, 11) is 2.09.